The number of aromatic nitrogens is 2. The van der Waals surface area contributed by atoms with E-state index in [9.17, 15) is 26.4 Å². The fraction of sp³-hybridized carbons (Fsp3) is 0.200. The van der Waals surface area contributed by atoms with Crippen molar-refractivity contribution in [3.8, 4) is 33.1 Å². The van der Waals surface area contributed by atoms with Crippen LogP contribution in [0.3, 0.4) is 0 Å². The molecule has 0 saturated carbocycles. The summed E-state index contributed by atoms with van der Waals surface area (Å²) in [6.07, 6.45) is -3.66. The second-order valence-corrected chi connectivity index (χ2v) is 11.0. The smallest absolute Gasteiger partial charge is 0.408 e. The lowest BCUT2D eigenvalue weighted by atomic mass is 10.1. The minimum atomic E-state index is -4.71. The number of nitrogens with one attached hydrogen (secondary N) is 1. The fourth-order valence-electron chi connectivity index (χ4n) is 3.49. The number of hydrogen-bond acceptors (Lipinski definition) is 6. The van der Waals surface area contributed by atoms with Gasteiger partial charge in [0.1, 0.15) is 5.69 Å². The molecule has 4 rings (SSSR count). The summed E-state index contributed by atoms with van der Waals surface area (Å²) in [5.41, 5.74) is 0.405. The molecule has 194 valence electrons. The molecule has 1 N–H and O–H groups in total. The summed E-state index contributed by atoms with van der Waals surface area (Å²) in [4.78, 5) is 12.7. The molecule has 0 aliphatic heterocycles. The van der Waals surface area contributed by atoms with Crippen molar-refractivity contribution in [2.24, 2.45) is 0 Å². The summed E-state index contributed by atoms with van der Waals surface area (Å²) in [6.45, 7) is 2.25. The molecule has 0 aliphatic rings. The number of nitrogens with zero attached hydrogens (tertiary/aromatic N) is 2. The number of thiophene rings is 1. The van der Waals surface area contributed by atoms with Gasteiger partial charge in [-0.3, -0.25) is 0 Å². The minimum absolute atomic E-state index is 0.0341. The Morgan fingerprint density at radius 1 is 1.08 bits per heavy atom. The first kappa shape index (κ1) is 26.4. The van der Waals surface area contributed by atoms with Gasteiger partial charge in [0, 0.05) is 12.8 Å². The van der Waals surface area contributed by atoms with Gasteiger partial charge in [-0.15, -0.1) is 11.3 Å². The van der Waals surface area contributed by atoms with E-state index >= 15 is 0 Å². The Kier molecular flexibility index (Phi) is 7.42. The number of ether oxygens (including phenoxy) is 1. The minimum Gasteiger partial charge on any atom is -0.408 e. The summed E-state index contributed by atoms with van der Waals surface area (Å²) in [7, 11) is -3.44. The van der Waals surface area contributed by atoms with Crippen LogP contribution in [-0.2, 0) is 16.0 Å². The molecule has 0 spiro atoms. The highest BCUT2D eigenvalue weighted by atomic mass is 32.2. The van der Waals surface area contributed by atoms with E-state index in [4.69, 9.17) is 4.74 Å². The summed E-state index contributed by atoms with van der Waals surface area (Å²) < 4.78 is 71.3. The summed E-state index contributed by atoms with van der Waals surface area (Å²) in [5, 5.41) is 8.08. The van der Waals surface area contributed by atoms with Gasteiger partial charge in [-0.2, -0.15) is 18.3 Å². The normalized spacial score (nSPS) is 11.9. The van der Waals surface area contributed by atoms with E-state index in [2.05, 4.69) is 10.4 Å². The molecule has 2 aromatic carbocycles. The standard InChI is InChI=1S/C25H22F3N3O4S2/c1-3-11-29-24(32)35-21-10-5-4-9-19(21)31-20(14-23(30-31)25(26,27)28)22-13-17(15-36-22)16-7-6-8-18(12-16)37(2,33)34/h4-10,12-15H,3,11H2,1-2H3,(H,29,32). The molecule has 4 aromatic rings. The van der Waals surface area contributed by atoms with Gasteiger partial charge in [0.2, 0.25) is 0 Å². The van der Waals surface area contributed by atoms with Gasteiger partial charge in [-0.1, -0.05) is 31.2 Å². The molecule has 37 heavy (non-hydrogen) atoms. The zero-order chi connectivity index (χ0) is 26.8. The molecule has 0 fully saturated rings. The van der Waals surface area contributed by atoms with Crippen LogP contribution in [0.4, 0.5) is 18.0 Å². The van der Waals surface area contributed by atoms with E-state index in [0.717, 1.165) is 17.0 Å². The molecule has 0 radical (unpaired) electrons. The van der Waals surface area contributed by atoms with Crippen molar-refractivity contribution in [3.63, 3.8) is 0 Å². The monoisotopic (exact) mass is 549 g/mol. The quantitative estimate of drug-likeness (QED) is 0.297. The fourth-order valence-corrected chi connectivity index (χ4v) is 5.07. The third-order valence-electron chi connectivity index (χ3n) is 5.26. The van der Waals surface area contributed by atoms with Crippen molar-refractivity contribution in [1.29, 1.82) is 0 Å². The highest BCUT2D eigenvalue weighted by molar-refractivity contribution is 7.90. The van der Waals surface area contributed by atoms with Crippen LogP contribution in [-0.4, -0.2) is 37.1 Å². The van der Waals surface area contributed by atoms with E-state index in [1.165, 1.54) is 35.6 Å². The number of hydrogen-bond donors (Lipinski definition) is 1. The second-order valence-electron chi connectivity index (χ2n) is 8.11. The molecule has 0 aliphatic carbocycles. The Morgan fingerprint density at radius 3 is 2.54 bits per heavy atom. The zero-order valence-electron chi connectivity index (χ0n) is 19.7. The van der Waals surface area contributed by atoms with Crippen LogP contribution in [0.25, 0.3) is 27.4 Å². The molecule has 2 aromatic heterocycles. The average molecular weight is 550 g/mol. The number of halogens is 3. The van der Waals surface area contributed by atoms with Crippen molar-refractivity contribution < 1.29 is 31.1 Å². The molecule has 7 nitrogen and oxygen atoms in total. The number of carbonyl (C=O) groups excluding carboxylic acids is 1. The second kappa shape index (κ2) is 10.4. The molecular formula is C25H22F3N3O4S2. The number of para-hydroxylation sites is 2. The van der Waals surface area contributed by atoms with Crippen LogP contribution in [0.15, 0.2) is 70.9 Å². The molecule has 0 unspecified atom stereocenters. The van der Waals surface area contributed by atoms with E-state index in [0.29, 0.717) is 29.0 Å². The Morgan fingerprint density at radius 2 is 1.84 bits per heavy atom. The largest absolute Gasteiger partial charge is 0.435 e. The first-order chi connectivity index (χ1) is 17.5. The van der Waals surface area contributed by atoms with Gasteiger partial charge in [-0.05, 0) is 59.3 Å². The highest BCUT2D eigenvalue weighted by Gasteiger charge is 2.36. The Bertz CT molecular complexity index is 1540. The maximum Gasteiger partial charge on any atom is 0.435 e. The van der Waals surface area contributed by atoms with E-state index in [1.807, 2.05) is 6.92 Å². The van der Waals surface area contributed by atoms with Gasteiger partial charge < -0.3 is 10.1 Å². The SMILES string of the molecule is CCCNC(=O)Oc1ccccc1-n1nc(C(F)(F)F)cc1-c1cc(-c2cccc(S(C)(=O)=O)c2)cs1. The van der Waals surface area contributed by atoms with Crippen LogP contribution in [0, 0.1) is 0 Å². The Labute approximate surface area is 215 Å². The first-order valence-corrected chi connectivity index (χ1v) is 13.9. The third-order valence-corrected chi connectivity index (χ3v) is 7.33. The van der Waals surface area contributed by atoms with E-state index in [1.54, 1.807) is 35.7 Å². The van der Waals surface area contributed by atoms with E-state index < -0.39 is 27.8 Å². The first-order valence-electron chi connectivity index (χ1n) is 11.1. The predicted octanol–water partition coefficient (Wildman–Crippen LogP) is 6.19. The zero-order valence-corrected chi connectivity index (χ0v) is 21.4. The van der Waals surface area contributed by atoms with Crippen LogP contribution in [0.1, 0.15) is 19.0 Å². The van der Waals surface area contributed by atoms with Crippen molar-refractivity contribution in [1.82, 2.24) is 15.1 Å². The van der Waals surface area contributed by atoms with Crippen molar-refractivity contribution >= 4 is 27.3 Å². The molecule has 0 atom stereocenters. The topological polar surface area (TPSA) is 90.3 Å². The van der Waals surface area contributed by atoms with Gasteiger partial charge >= 0.3 is 12.3 Å². The summed E-state index contributed by atoms with van der Waals surface area (Å²) in [6, 6.07) is 15.1. The van der Waals surface area contributed by atoms with Crippen molar-refractivity contribution in [2.45, 2.75) is 24.4 Å². The highest BCUT2D eigenvalue weighted by Crippen LogP contribution is 2.39. The van der Waals surface area contributed by atoms with Crippen LogP contribution < -0.4 is 10.1 Å². The number of amides is 1. The number of alkyl halides is 3. The molecule has 0 saturated heterocycles. The van der Waals surface area contributed by atoms with Crippen molar-refractivity contribution in [2.75, 3.05) is 12.8 Å². The lowest BCUT2D eigenvalue weighted by molar-refractivity contribution is -0.141. The molecule has 12 heteroatoms. The maximum atomic E-state index is 13.7. The molecule has 0 bridgehead atoms. The Balaban J connectivity index is 1.79. The van der Waals surface area contributed by atoms with Gasteiger partial charge in [0.15, 0.2) is 21.3 Å². The Hall–Kier alpha value is -3.64. The molecule has 1 amide bonds. The predicted molar refractivity (Wildman–Crippen MR) is 135 cm³/mol. The van der Waals surface area contributed by atoms with Gasteiger partial charge in [-0.25, -0.2) is 17.9 Å². The number of sulfone groups is 1. The lowest BCUT2D eigenvalue weighted by Crippen LogP contribution is -2.27. The van der Waals surface area contributed by atoms with Gasteiger partial charge in [0.25, 0.3) is 0 Å². The third kappa shape index (κ3) is 6.03. The van der Waals surface area contributed by atoms with Crippen LogP contribution in [0.2, 0.25) is 0 Å². The van der Waals surface area contributed by atoms with Crippen LogP contribution >= 0.6 is 11.3 Å². The number of benzene rings is 2. The maximum absolute atomic E-state index is 13.7. The van der Waals surface area contributed by atoms with Crippen molar-refractivity contribution in [3.05, 3.63) is 71.7 Å². The lowest BCUT2D eigenvalue weighted by Gasteiger charge is -2.12. The van der Waals surface area contributed by atoms with E-state index in [-0.39, 0.29) is 22.0 Å². The molecular weight excluding hydrogens is 527 g/mol. The number of carbonyl (C=O) groups is 1. The summed E-state index contributed by atoms with van der Waals surface area (Å²) in [5.74, 6) is 0.0341. The van der Waals surface area contributed by atoms with Crippen LogP contribution in [0.5, 0.6) is 5.75 Å². The molecule has 2 heterocycles. The number of rotatable bonds is 7. The average Bonchev–Trinajstić information content (AvgIpc) is 3.50. The van der Waals surface area contributed by atoms with Gasteiger partial charge in [0.05, 0.1) is 15.5 Å². The summed E-state index contributed by atoms with van der Waals surface area (Å²) >= 11 is 1.18.